The van der Waals surface area contributed by atoms with E-state index in [4.69, 9.17) is 16.7 Å². The van der Waals surface area contributed by atoms with E-state index < -0.39 is 0 Å². The van der Waals surface area contributed by atoms with Crippen molar-refractivity contribution in [3.05, 3.63) is 64.1 Å². The number of nitriles is 1. The Kier molecular flexibility index (Phi) is 4.77. The van der Waals surface area contributed by atoms with Crippen molar-refractivity contribution in [1.82, 2.24) is 24.6 Å². The largest absolute Gasteiger partial charge is 0.355 e. The van der Waals surface area contributed by atoms with Gasteiger partial charge in [0.1, 0.15) is 17.5 Å². The Labute approximate surface area is 214 Å². The molecule has 9 heteroatoms. The van der Waals surface area contributed by atoms with Crippen molar-refractivity contribution in [2.45, 2.75) is 51.6 Å². The van der Waals surface area contributed by atoms with Crippen LogP contribution >= 0.6 is 11.6 Å². The molecule has 1 spiro atoms. The van der Waals surface area contributed by atoms with E-state index in [2.05, 4.69) is 36.6 Å². The second-order valence-corrected chi connectivity index (χ2v) is 11.8. The monoisotopic (exact) mass is 503 g/mol. The molecular weight excluding hydrogens is 477 g/mol. The molecule has 0 atom stereocenters. The maximum Gasteiger partial charge on any atom is 0.151 e. The van der Waals surface area contributed by atoms with Crippen LogP contribution < -0.4 is 4.90 Å². The standard InChI is InChI=1S/C27H27ClFN7/c1-17-6-23(31-10-21(17)29)35-15-27(16-35)8-19(9-27)25-33-32-24-12-34(14-26(13-30)4-5-26)11-18-7-20(28)2-3-22(18)36(24)25/h2-3,6-7,10,19H,4-5,8-9,11-12,14-16H2,1H3. The van der Waals surface area contributed by atoms with Crippen LogP contribution in [-0.2, 0) is 13.1 Å². The van der Waals surface area contributed by atoms with Gasteiger partial charge in [0.15, 0.2) is 5.82 Å². The van der Waals surface area contributed by atoms with E-state index in [9.17, 15) is 9.65 Å². The normalized spacial score (nSPS) is 21.7. The van der Waals surface area contributed by atoms with Crippen molar-refractivity contribution < 1.29 is 4.39 Å². The molecule has 3 aromatic rings. The van der Waals surface area contributed by atoms with Crippen molar-refractivity contribution in [3.63, 3.8) is 0 Å². The van der Waals surface area contributed by atoms with E-state index in [0.717, 1.165) is 85.6 Å². The number of aromatic nitrogens is 4. The molecule has 7 rings (SSSR count). The quantitative estimate of drug-likeness (QED) is 0.510. The van der Waals surface area contributed by atoms with Crippen molar-refractivity contribution in [2.75, 3.05) is 24.5 Å². The number of aryl methyl sites for hydroxylation is 1. The molecule has 0 N–H and O–H groups in total. The fourth-order valence-corrected chi connectivity index (χ4v) is 6.60. The fraction of sp³-hybridized carbons (Fsp3) is 0.481. The highest BCUT2D eigenvalue weighted by Gasteiger charge is 2.54. The number of hydrogen-bond acceptors (Lipinski definition) is 6. The summed E-state index contributed by atoms with van der Waals surface area (Å²) in [6.07, 6.45) is 5.38. The second kappa shape index (κ2) is 7.74. The topological polar surface area (TPSA) is 73.9 Å². The molecule has 3 fully saturated rings. The second-order valence-electron chi connectivity index (χ2n) is 11.4. The third kappa shape index (κ3) is 3.52. The smallest absolute Gasteiger partial charge is 0.151 e. The first-order valence-electron chi connectivity index (χ1n) is 12.6. The fourth-order valence-electron chi connectivity index (χ4n) is 6.40. The van der Waals surface area contributed by atoms with E-state index in [0.29, 0.717) is 18.0 Å². The summed E-state index contributed by atoms with van der Waals surface area (Å²) >= 11 is 6.40. The summed E-state index contributed by atoms with van der Waals surface area (Å²) in [4.78, 5) is 8.85. The van der Waals surface area contributed by atoms with Crippen LogP contribution in [0.25, 0.3) is 5.69 Å². The average molecular weight is 504 g/mol. The Hall–Kier alpha value is -3.02. The zero-order valence-corrected chi connectivity index (χ0v) is 21.0. The Bertz CT molecular complexity index is 1410. The van der Waals surface area contributed by atoms with E-state index in [1.54, 1.807) is 6.92 Å². The highest BCUT2D eigenvalue weighted by Crippen LogP contribution is 2.56. The van der Waals surface area contributed by atoms with Crippen LogP contribution in [0, 0.1) is 34.9 Å². The van der Waals surface area contributed by atoms with Crippen LogP contribution in [0.3, 0.4) is 0 Å². The minimum absolute atomic E-state index is 0.217. The predicted molar refractivity (Wildman–Crippen MR) is 133 cm³/mol. The Morgan fingerprint density at radius 3 is 2.69 bits per heavy atom. The number of hydrogen-bond donors (Lipinski definition) is 0. The Morgan fingerprint density at radius 2 is 1.97 bits per heavy atom. The van der Waals surface area contributed by atoms with Gasteiger partial charge in [0.2, 0.25) is 0 Å². The van der Waals surface area contributed by atoms with Crippen molar-refractivity contribution in [3.8, 4) is 11.8 Å². The highest BCUT2D eigenvalue weighted by atomic mass is 35.5. The molecule has 2 aliphatic heterocycles. The molecule has 4 aliphatic rings. The molecule has 0 amide bonds. The lowest BCUT2D eigenvalue weighted by molar-refractivity contribution is 0.0581. The molecule has 1 aromatic carbocycles. The van der Waals surface area contributed by atoms with Gasteiger partial charge in [-0.25, -0.2) is 9.37 Å². The van der Waals surface area contributed by atoms with Crippen LogP contribution in [0.15, 0.2) is 30.5 Å². The number of anilines is 1. The summed E-state index contributed by atoms with van der Waals surface area (Å²) in [6.45, 7) is 5.83. The van der Waals surface area contributed by atoms with E-state index in [-0.39, 0.29) is 16.6 Å². The van der Waals surface area contributed by atoms with Gasteiger partial charge in [-0.2, -0.15) is 5.26 Å². The van der Waals surface area contributed by atoms with Gasteiger partial charge in [-0.05, 0) is 68.0 Å². The number of rotatable bonds is 4. The SMILES string of the molecule is Cc1cc(N2CC3(CC(c4nnc5n4-c4ccc(Cl)cc4CN(CC4(C#N)CC4)C5)C3)C2)ncc1F. The number of nitrogens with zero attached hydrogens (tertiary/aromatic N) is 7. The van der Waals surface area contributed by atoms with Crippen molar-refractivity contribution in [2.24, 2.45) is 10.8 Å². The first kappa shape index (κ1) is 22.2. The number of halogens is 2. The zero-order chi connectivity index (χ0) is 24.7. The van der Waals surface area contributed by atoms with Crippen LogP contribution in [-0.4, -0.2) is 44.3 Å². The Morgan fingerprint density at radius 1 is 1.17 bits per heavy atom. The molecule has 2 saturated carbocycles. The van der Waals surface area contributed by atoms with Gasteiger partial charge in [0.25, 0.3) is 0 Å². The van der Waals surface area contributed by atoms with E-state index in [1.165, 1.54) is 6.20 Å². The molecular formula is C27H27ClFN7. The molecule has 184 valence electrons. The lowest BCUT2D eigenvalue weighted by Crippen LogP contribution is -2.62. The van der Waals surface area contributed by atoms with Crippen LogP contribution in [0.1, 0.15) is 54.4 Å². The van der Waals surface area contributed by atoms with Gasteiger partial charge in [0.05, 0.1) is 29.9 Å². The predicted octanol–water partition coefficient (Wildman–Crippen LogP) is 4.77. The minimum atomic E-state index is -0.259. The van der Waals surface area contributed by atoms with Crippen LogP contribution in [0.5, 0.6) is 0 Å². The highest BCUT2D eigenvalue weighted by molar-refractivity contribution is 6.30. The molecule has 36 heavy (non-hydrogen) atoms. The van der Waals surface area contributed by atoms with Gasteiger partial charge in [0, 0.05) is 42.5 Å². The number of benzene rings is 1. The number of pyridine rings is 1. The van der Waals surface area contributed by atoms with Gasteiger partial charge in [-0.15, -0.1) is 10.2 Å². The lowest BCUT2D eigenvalue weighted by atomic mass is 9.57. The van der Waals surface area contributed by atoms with Crippen LogP contribution in [0.4, 0.5) is 10.2 Å². The molecule has 0 bridgehead atoms. The van der Waals surface area contributed by atoms with Gasteiger partial charge in [-0.1, -0.05) is 11.6 Å². The molecule has 2 aromatic heterocycles. The summed E-state index contributed by atoms with van der Waals surface area (Å²) in [5, 5.41) is 19.7. The zero-order valence-electron chi connectivity index (χ0n) is 20.2. The first-order valence-corrected chi connectivity index (χ1v) is 13.0. The van der Waals surface area contributed by atoms with Crippen molar-refractivity contribution >= 4 is 17.4 Å². The first-order chi connectivity index (χ1) is 17.4. The molecule has 0 radical (unpaired) electrons. The van der Waals surface area contributed by atoms with Gasteiger partial charge in [-0.3, -0.25) is 9.47 Å². The van der Waals surface area contributed by atoms with Gasteiger partial charge < -0.3 is 4.90 Å². The maximum atomic E-state index is 13.6. The number of fused-ring (bicyclic) bond motifs is 3. The molecule has 0 unspecified atom stereocenters. The lowest BCUT2D eigenvalue weighted by Gasteiger charge is -2.59. The molecule has 7 nitrogen and oxygen atoms in total. The summed E-state index contributed by atoms with van der Waals surface area (Å²) in [7, 11) is 0. The van der Waals surface area contributed by atoms with Gasteiger partial charge >= 0.3 is 0 Å². The van der Waals surface area contributed by atoms with Crippen LogP contribution in [0.2, 0.25) is 5.02 Å². The van der Waals surface area contributed by atoms with E-state index in [1.807, 2.05) is 18.2 Å². The summed E-state index contributed by atoms with van der Waals surface area (Å²) < 4.78 is 15.9. The van der Waals surface area contributed by atoms with Crippen molar-refractivity contribution in [1.29, 1.82) is 5.26 Å². The third-order valence-electron chi connectivity index (χ3n) is 8.55. The molecule has 1 saturated heterocycles. The van der Waals surface area contributed by atoms with E-state index >= 15 is 0 Å². The summed E-state index contributed by atoms with van der Waals surface area (Å²) in [5.41, 5.74) is 2.93. The molecule has 2 aliphatic carbocycles. The average Bonchev–Trinajstić information content (AvgIpc) is 3.49. The maximum absolute atomic E-state index is 13.6. The third-order valence-corrected chi connectivity index (χ3v) is 8.78. The minimum Gasteiger partial charge on any atom is -0.355 e. The molecule has 4 heterocycles. The summed E-state index contributed by atoms with van der Waals surface area (Å²) in [6, 6.07) is 10.4. The summed E-state index contributed by atoms with van der Waals surface area (Å²) in [5.74, 6) is 2.90. The Balaban J connectivity index is 1.12.